The van der Waals surface area contributed by atoms with Crippen LogP contribution in [0.15, 0.2) is 0 Å². The summed E-state index contributed by atoms with van der Waals surface area (Å²) in [5.74, 6) is 0.516. The summed E-state index contributed by atoms with van der Waals surface area (Å²) in [6.45, 7) is 5.77. The number of esters is 1. The molecule has 0 aromatic heterocycles. The lowest BCUT2D eigenvalue weighted by Gasteiger charge is -2.16. The van der Waals surface area contributed by atoms with Gasteiger partial charge in [0, 0.05) is 13.0 Å². The Balaban J connectivity index is 3.90. The largest absolute Gasteiger partial charge is 0.464 e. The van der Waals surface area contributed by atoms with Crippen molar-refractivity contribution in [2.24, 2.45) is 5.92 Å². The molecule has 0 radical (unpaired) electrons. The van der Waals surface area contributed by atoms with Gasteiger partial charge in [0.2, 0.25) is 0 Å². The van der Waals surface area contributed by atoms with Gasteiger partial charge in [-0.1, -0.05) is 52.4 Å². The van der Waals surface area contributed by atoms with Crippen molar-refractivity contribution in [2.45, 2.75) is 71.6 Å². The fraction of sp³-hybridized carbons (Fsp3) is 0.941. The summed E-state index contributed by atoms with van der Waals surface area (Å²) in [5, 5.41) is 0. The first-order valence-corrected chi connectivity index (χ1v) is 8.40. The van der Waals surface area contributed by atoms with Crippen LogP contribution in [0, 0.1) is 5.92 Å². The first-order chi connectivity index (χ1) is 9.60. The Bertz CT molecular complexity index is 229. The van der Waals surface area contributed by atoms with Gasteiger partial charge in [-0.25, -0.2) is 0 Å². The molecule has 0 bridgehead atoms. The van der Waals surface area contributed by atoms with Gasteiger partial charge in [-0.3, -0.25) is 4.79 Å². The smallest absolute Gasteiger partial charge is 0.306 e. The van der Waals surface area contributed by atoms with Crippen LogP contribution in [0.5, 0.6) is 0 Å². The maximum Gasteiger partial charge on any atom is 0.306 e. The molecule has 0 aromatic carbocycles. The number of hydrogen-bond donors (Lipinski definition) is 0. The van der Waals surface area contributed by atoms with Gasteiger partial charge in [0.05, 0.1) is 0 Å². The molecular weight excluding hydrogens is 250 g/mol. The molecule has 0 amide bonds. The van der Waals surface area contributed by atoms with Gasteiger partial charge in [-0.15, -0.1) is 0 Å². The molecule has 0 aliphatic carbocycles. The highest BCUT2D eigenvalue weighted by molar-refractivity contribution is 5.69. The maximum absolute atomic E-state index is 11.8. The molecule has 0 aliphatic rings. The molecule has 1 atom stereocenters. The van der Waals surface area contributed by atoms with Gasteiger partial charge < -0.3 is 9.64 Å². The van der Waals surface area contributed by atoms with Gasteiger partial charge >= 0.3 is 5.97 Å². The molecular formula is C17H35NO2. The summed E-state index contributed by atoms with van der Waals surface area (Å²) >= 11 is 0. The molecule has 3 heteroatoms. The van der Waals surface area contributed by atoms with E-state index in [-0.39, 0.29) is 5.97 Å². The summed E-state index contributed by atoms with van der Waals surface area (Å²) in [6, 6.07) is 0. The lowest BCUT2D eigenvalue weighted by molar-refractivity contribution is -0.145. The van der Waals surface area contributed by atoms with E-state index in [4.69, 9.17) is 4.74 Å². The molecule has 0 aromatic rings. The second-order valence-electron chi connectivity index (χ2n) is 6.09. The topological polar surface area (TPSA) is 29.5 Å². The average Bonchev–Trinajstić information content (AvgIpc) is 2.40. The van der Waals surface area contributed by atoms with E-state index in [1.807, 2.05) is 19.0 Å². The van der Waals surface area contributed by atoms with Crippen LogP contribution >= 0.6 is 0 Å². The van der Waals surface area contributed by atoms with E-state index in [1.54, 1.807) is 0 Å². The molecule has 0 aliphatic heterocycles. The van der Waals surface area contributed by atoms with E-state index in [0.717, 1.165) is 6.54 Å². The van der Waals surface area contributed by atoms with Crippen molar-refractivity contribution in [1.29, 1.82) is 0 Å². The summed E-state index contributed by atoms with van der Waals surface area (Å²) in [4.78, 5) is 13.9. The van der Waals surface area contributed by atoms with E-state index in [9.17, 15) is 4.79 Å². The molecule has 0 N–H and O–H groups in total. The molecule has 120 valence electrons. The van der Waals surface area contributed by atoms with Gasteiger partial charge in [0.25, 0.3) is 0 Å². The maximum atomic E-state index is 11.8. The number of nitrogens with zero attached hydrogens (tertiary/aromatic N) is 1. The fourth-order valence-electron chi connectivity index (χ4n) is 2.34. The van der Waals surface area contributed by atoms with Crippen LogP contribution in [0.4, 0.5) is 0 Å². The molecule has 0 fully saturated rings. The van der Waals surface area contributed by atoms with Crippen molar-refractivity contribution < 1.29 is 9.53 Å². The molecule has 0 saturated heterocycles. The standard InChI is InChI=1S/C17H35NO2/c1-5-7-9-10-12-16(11-8-6-2)15-17(19)20-14-13-18(3)4/h16H,5-15H2,1-4H3. The van der Waals surface area contributed by atoms with Crippen molar-refractivity contribution in [3.8, 4) is 0 Å². The first kappa shape index (κ1) is 19.4. The third kappa shape index (κ3) is 12.5. The highest BCUT2D eigenvalue weighted by atomic mass is 16.5. The van der Waals surface area contributed by atoms with Gasteiger partial charge in [-0.2, -0.15) is 0 Å². The van der Waals surface area contributed by atoms with E-state index in [0.29, 0.717) is 18.9 Å². The normalized spacial score (nSPS) is 12.7. The van der Waals surface area contributed by atoms with Crippen molar-refractivity contribution in [1.82, 2.24) is 4.90 Å². The molecule has 0 saturated carbocycles. The van der Waals surface area contributed by atoms with Crippen molar-refractivity contribution >= 4 is 5.97 Å². The number of carbonyl (C=O) groups excluding carboxylic acids is 1. The van der Waals surface area contributed by atoms with Crippen LogP contribution in [0.3, 0.4) is 0 Å². The molecule has 0 spiro atoms. The minimum Gasteiger partial charge on any atom is -0.464 e. The average molecular weight is 285 g/mol. The Morgan fingerprint density at radius 2 is 1.65 bits per heavy atom. The lowest BCUT2D eigenvalue weighted by atomic mass is 9.92. The summed E-state index contributed by atoms with van der Waals surface area (Å²) < 4.78 is 5.31. The highest BCUT2D eigenvalue weighted by Crippen LogP contribution is 2.21. The molecule has 20 heavy (non-hydrogen) atoms. The highest BCUT2D eigenvalue weighted by Gasteiger charge is 2.14. The first-order valence-electron chi connectivity index (χ1n) is 8.40. The van der Waals surface area contributed by atoms with Crippen molar-refractivity contribution in [3.63, 3.8) is 0 Å². The quantitative estimate of drug-likeness (QED) is 0.374. The number of hydrogen-bond acceptors (Lipinski definition) is 3. The van der Waals surface area contributed by atoms with Gasteiger partial charge in [0.15, 0.2) is 0 Å². The minimum atomic E-state index is -0.0107. The molecule has 3 nitrogen and oxygen atoms in total. The Kier molecular flexibility index (Phi) is 13.0. The Hall–Kier alpha value is -0.570. The second kappa shape index (κ2) is 13.4. The predicted octanol–water partition coefficient (Wildman–Crippen LogP) is 4.26. The van der Waals surface area contributed by atoms with E-state index in [2.05, 4.69) is 13.8 Å². The number of likely N-dealkylation sites (N-methyl/N-ethyl adjacent to an activating group) is 1. The second-order valence-corrected chi connectivity index (χ2v) is 6.09. The van der Waals surface area contributed by atoms with Crippen LogP contribution in [0.1, 0.15) is 71.6 Å². The molecule has 1 unspecified atom stereocenters. The van der Waals surface area contributed by atoms with Crippen LogP contribution in [0.25, 0.3) is 0 Å². The van der Waals surface area contributed by atoms with Crippen molar-refractivity contribution in [3.05, 3.63) is 0 Å². The van der Waals surface area contributed by atoms with Crippen LogP contribution in [-0.4, -0.2) is 38.1 Å². The van der Waals surface area contributed by atoms with E-state index in [1.165, 1.54) is 51.4 Å². The molecule has 0 rings (SSSR count). The lowest BCUT2D eigenvalue weighted by Crippen LogP contribution is -2.21. The van der Waals surface area contributed by atoms with Crippen molar-refractivity contribution in [2.75, 3.05) is 27.2 Å². The SMILES string of the molecule is CCCCCCC(CCCC)CC(=O)OCCN(C)C. The number of unbranched alkanes of at least 4 members (excludes halogenated alkanes) is 4. The van der Waals surface area contributed by atoms with Crippen LogP contribution < -0.4 is 0 Å². The van der Waals surface area contributed by atoms with Crippen LogP contribution in [0.2, 0.25) is 0 Å². The zero-order valence-electron chi connectivity index (χ0n) is 14.1. The summed E-state index contributed by atoms with van der Waals surface area (Å²) in [5.41, 5.74) is 0. The minimum absolute atomic E-state index is 0.0107. The fourth-order valence-corrected chi connectivity index (χ4v) is 2.34. The predicted molar refractivity (Wildman–Crippen MR) is 85.9 cm³/mol. The Morgan fingerprint density at radius 3 is 2.25 bits per heavy atom. The van der Waals surface area contributed by atoms with Gasteiger partial charge in [0.1, 0.15) is 6.61 Å². The number of rotatable bonds is 13. The zero-order valence-corrected chi connectivity index (χ0v) is 14.1. The Labute approximate surface area is 126 Å². The Morgan fingerprint density at radius 1 is 1.00 bits per heavy atom. The zero-order chi connectivity index (χ0) is 15.2. The molecule has 0 heterocycles. The van der Waals surface area contributed by atoms with E-state index < -0.39 is 0 Å². The third-order valence-corrected chi connectivity index (χ3v) is 3.69. The number of carbonyl (C=O) groups is 1. The third-order valence-electron chi connectivity index (χ3n) is 3.69. The van der Waals surface area contributed by atoms with E-state index >= 15 is 0 Å². The van der Waals surface area contributed by atoms with Gasteiger partial charge in [-0.05, 0) is 32.9 Å². The monoisotopic (exact) mass is 285 g/mol. The number of ether oxygens (including phenoxy) is 1. The van der Waals surface area contributed by atoms with Crippen LogP contribution in [-0.2, 0) is 9.53 Å². The summed E-state index contributed by atoms with van der Waals surface area (Å²) in [6.07, 6.45) is 10.5. The summed E-state index contributed by atoms with van der Waals surface area (Å²) in [7, 11) is 3.98.